The van der Waals surface area contributed by atoms with E-state index in [1.165, 1.54) is 18.0 Å². The molecule has 8 nitrogen and oxygen atoms in total. The van der Waals surface area contributed by atoms with Crippen LogP contribution in [0.5, 0.6) is 0 Å². The zero-order valence-electron chi connectivity index (χ0n) is 16.8. The number of fused-ring (bicyclic) bond motifs is 3. The Bertz CT molecular complexity index is 1120. The Kier molecular flexibility index (Phi) is 4.25. The molecule has 1 saturated heterocycles. The van der Waals surface area contributed by atoms with Gasteiger partial charge in [-0.3, -0.25) is 18.3 Å². The van der Waals surface area contributed by atoms with Crippen LogP contribution >= 0.6 is 0 Å². The lowest BCUT2D eigenvalue weighted by molar-refractivity contribution is 0.137. The van der Waals surface area contributed by atoms with E-state index in [-0.39, 0.29) is 11.2 Å². The summed E-state index contributed by atoms with van der Waals surface area (Å²) >= 11 is 0. The molecule has 0 amide bonds. The van der Waals surface area contributed by atoms with Gasteiger partial charge in [0.2, 0.25) is 5.78 Å². The van der Waals surface area contributed by atoms with Crippen molar-refractivity contribution >= 4 is 16.9 Å². The van der Waals surface area contributed by atoms with E-state index in [2.05, 4.69) is 28.3 Å². The molecule has 146 valence electrons. The van der Waals surface area contributed by atoms with Gasteiger partial charge in [0.25, 0.3) is 5.56 Å². The molecule has 4 heterocycles. The van der Waals surface area contributed by atoms with Crippen LogP contribution in [0.25, 0.3) is 16.9 Å². The van der Waals surface area contributed by atoms with Crippen molar-refractivity contribution in [2.75, 3.05) is 19.6 Å². The molecule has 0 radical (unpaired) electrons. The fourth-order valence-electron chi connectivity index (χ4n) is 4.62. The zero-order chi connectivity index (χ0) is 19.5. The van der Waals surface area contributed by atoms with Gasteiger partial charge in [-0.25, -0.2) is 4.79 Å². The lowest BCUT2D eigenvalue weighted by atomic mass is 9.92. The number of aryl methyl sites for hydroxylation is 2. The minimum atomic E-state index is -0.354. The Morgan fingerprint density at radius 1 is 1.07 bits per heavy atom. The molecular weight excluding hydrogens is 344 g/mol. The summed E-state index contributed by atoms with van der Waals surface area (Å²) in [4.78, 5) is 32.0. The molecule has 1 fully saturated rings. The van der Waals surface area contributed by atoms with E-state index in [0.29, 0.717) is 11.2 Å². The summed E-state index contributed by atoms with van der Waals surface area (Å²) in [6, 6.07) is 0. The maximum atomic E-state index is 12.6. The van der Waals surface area contributed by atoms with Gasteiger partial charge in [0, 0.05) is 52.2 Å². The van der Waals surface area contributed by atoms with E-state index in [4.69, 9.17) is 0 Å². The van der Waals surface area contributed by atoms with E-state index in [1.54, 1.807) is 7.05 Å². The van der Waals surface area contributed by atoms with Gasteiger partial charge in [-0.2, -0.15) is 4.98 Å². The Morgan fingerprint density at radius 2 is 1.74 bits per heavy atom. The zero-order valence-corrected chi connectivity index (χ0v) is 16.8. The Hall–Kier alpha value is -2.35. The molecule has 3 aromatic rings. The third kappa shape index (κ3) is 2.82. The summed E-state index contributed by atoms with van der Waals surface area (Å²) < 4.78 is 6.55. The molecular formula is C19H28N6O2. The van der Waals surface area contributed by atoms with Gasteiger partial charge in [-0.15, -0.1) is 0 Å². The molecule has 2 atom stereocenters. The van der Waals surface area contributed by atoms with Crippen molar-refractivity contribution in [3.05, 3.63) is 32.7 Å². The largest absolute Gasteiger partial charge is 0.332 e. The fourth-order valence-corrected chi connectivity index (χ4v) is 4.62. The van der Waals surface area contributed by atoms with E-state index in [1.807, 2.05) is 17.5 Å². The van der Waals surface area contributed by atoms with Crippen molar-refractivity contribution in [2.24, 2.45) is 25.9 Å². The lowest BCUT2D eigenvalue weighted by Crippen LogP contribution is -2.40. The third-order valence-corrected chi connectivity index (χ3v) is 5.84. The van der Waals surface area contributed by atoms with Gasteiger partial charge >= 0.3 is 5.69 Å². The minimum absolute atomic E-state index is 0.309. The highest BCUT2D eigenvalue weighted by Crippen LogP contribution is 2.21. The van der Waals surface area contributed by atoms with Crippen LogP contribution in [0.2, 0.25) is 0 Å². The first-order valence-corrected chi connectivity index (χ1v) is 9.64. The van der Waals surface area contributed by atoms with Crippen LogP contribution in [0.4, 0.5) is 0 Å². The first-order chi connectivity index (χ1) is 12.8. The fraction of sp³-hybridized carbons (Fsp3) is 0.632. The first-order valence-electron chi connectivity index (χ1n) is 9.64. The predicted octanol–water partition coefficient (Wildman–Crippen LogP) is 0.973. The first kappa shape index (κ1) is 18.0. The van der Waals surface area contributed by atoms with Crippen LogP contribution in [0.15, 0.2) is 15.8 Å². The third-order valence-electron chi connectivity index (χ3n) is 5.84. The number of piperidine rings is 1. The average Bonchev–Trinajstić information content (AvgIpc) is 3.10. The van der Waals surface area contributed by atoms with Crippen molar-refractivity contribution in [1.29, 1.82) is 0 Å². The van der Waals surface area contributed by atoms with Crippen molar-refractivity contribution in [2.45, 2.75) is 33.7 Å². The summed E-state index contributed by atoms with van der Waals surface area (Å²) in [5.74, 6) is 2.18. The Balaban J connectivity index is 1.75. The number of rotatable bonds is 3. The second-order valence-electron chi connectivity index (χ2n) is 8.29. The van der Waals surface area contributed by atoms with Crippen molar-refractivity contribution in [3.8, 4) is 0 Å². The lowest BCUT2D eigenvalue weighted by Gasteiger charge is -2.35. The topological polar surface area (TPSA) is 69.5 Å². The van der Waals surface area contributed by atoms with E-state index >= 15 is 0 Å². The molecule has 0 aliphatic carbocycles. The standard InChI is InChI=1S/C19H28N6O2/c1-12-8-13(2)10-23(9-12)6-7-24-14(3)11-25-15-16(20-18(24)25)21(4)19(27)22(5)17(15)26/h11-13H,6-10H2,1-5H3. The summed E-state index contributed by atoms with van der Waals surface area (Å²) in [5, 5.41) is 0. The molecule has 0 spiro atoms. The maximum absolute atomic E-state index is 12.6. The van der Waals surface area contributed by atoms with Gasteiger partial charge in [-0.1, -0.05) is 13.8 Å². The highest BCUT2D eigenvalue weighted by molar-refractivity contribution is 5.75. The molecule has 0 N–H and O–H groups in total. The highest BCUT2D eigenvalue weighted by atomic mass is 16.2. The summed E-state index contributed by atoms with van der Waals surface area (Å²) in [7, 11) is 3.16. The summed E-state index contributed by atoms with van der Waals surface area (Å²) in [5.41, 5.74) is 1.29. The van der Waals surface area contributed by atoms with Crippen molar-refractivity contribution in [1.82, 2.24) is 28.0 Å². The minimum Gasteiger partial charge on any atom is -0.313 e. The second kappa shape index (κ2) is 6.37. The number of aromatic nitrogens is 5. The number of hydrogen-bond donors (Lipinski definition) is 0. The number of hydrogen-bond acceptors (Lipinski definition) is 4. The van der Waals surface area contributed by atoms with Crippen LogP contribution in [0, 0.1) is 18.8 Å². The Morgan fingerprint density at radius 3 is 2.41 bits per heavy atom. The van der Waals surface area contributed by atoms with E-state index < -0.39 is 0 Å². The van der Waals surface area contributed by atoms with E-state index in [0.717, 1.165) is 54.1 Å². The molecule has 4 rings (SSSR count). The molecule has 0 saturated carbocycles. The van der Waals surface area contributed by atoms with Crippen LogP contribution in [-0.4, -0.2) is 47.6 Å². The van der Waals surface area contributed by atoms with Gasteiger partial charge in [0.15, 0.2) is 11.2 Å². The number of likely N-dealkylation sites (tertiary alicyclic amines) is 1. The Labute approximate surface area is 157 Å². The molecule has 3 aromatic heterocycles. The number of imidazole rings is 2. The van der Waals surface area contributed by atoms with E-state index in [9.17, 15) is 9.59 Å². The van der Waals surface area contributed by atoms with Crippen LogP contribution in [0.3, 0.4) is 0 Å². The summed E-state index contributed by atoms with van der Waals surface area (Å²) in [6.45, 7) is 10.7. The van der Waals surface area contributed by atoms with Crippen molar-refractivity contribution in [3.63, 3.8) is 0 Å². The molecule has 27 heavy (non-hydrogen) atoms. The number of nitrogens with zero attached hydrogens (tertiary/aromatic N) is 6. The molecule has 8 heteroatoms. The van der Waals surface area contributed by atoms with Gasteiger partial charge in [-0.05, 0) is 25.2 Å². The average molecular weight is 372 g/mol. The summed E-state index contributed by atoms with van der Waals surface area (Å²) in [6.07, 6.45) is 3.24. The molecule has 1 aliphatic heterocycles. The normalized spacial score (nSPS) is 21.5. The van der Waals surface area contributed by atoms with Crippen LogP contribution < -0.4 is 11.2 Å². The molecule has 1 aliphatic rings. The van der Waals surface area contributed by atoms with Gasteiger partial charge in [0.05, 0.1) is 0 Å². The molecule has 0 bridgehead atoms. The van der Waals surface area contributed by atoms with Gasteiger partial charge in [0.1, 0.15) is 0 Å². The smallest absolute Gasteiger partial charge is 0.313 e. The van der Waals surface area contributed by atoms with Crippen LogP contribution in [0.1, 0.15) is 26.0 Å². The van der Waals surface area contributed by atoms with Gasteiger partial charge < -0.3 is 9.47 Å². The van der Waals surface area contributed by atoms with Crippen molar-refractivity contribution < 1.29 is 0 Å². The molecule has 0 aromatic carbocycles. The predicted molar refractivity (Wildman–Crippen MR) is 105 cm³/mol. The second-order valence-corrected chi connectivity index (χ2v) is 8.29. The highest BCUT2D eigenvalue weighted by Gasteiger charge is 2.23. The molecule has 2 unspecified atom stereocenters. The van der Waals surface area contributed by atoms with Crippen LogP contribution in [-0.2, 0) is 20.6 Å². The maximum Gasteiger partial charge on any atom is 0.332 e. The SMILES string of the molecule is Cc1cn2c3c(=O)n(C)c(=O)n(C)c3nc2n1CCN1CC(C)CC(C)C1. The monoisotopic (exact) mass is 372 g/mol. The quantitative estimate of drug-likeness (QED) is 0.687.